The van der Waals surface area contributed by atoms with Crippen LogP contribution in [-0.4, -0.2) is 58.0 Å². The zero-order valence-corrected chi connectivity index (χ0v) is 18.4. The smallest absolute Gasteiger partial charge is 0.248 e. The predicted molar refractivity (Wildman–Crippen MR) is 115 cm³/mol. The molecule has 0 heterocycles. The molecule has 8 nitrogen and oxygen atoms in total. The normalized spacial score (nSPS) is 14.6. The summed E-state index contributed by atoms with van der Waals surface area (Å²) in [6, 6.07) is 6.34. The number of carbonyl (C=O) groups excluding carboxylic acids is 1. The zero-order valence-electron chi connectivity index (χ0n) is 18.4. The summed E-state index contributed by atoms with van der Waals surface area (Å²) >= 11 is 0. The topological polar surface area (TPSA) is 94.5 Å². The van der Waals surface area contributed by atoms with Crippen molar-refractivity contribution in [2.75, 3.05) is 42.1 Å². The van der Waals surface area contributed by atoms with Gasteiger partial charge in [-0.1, -0.05) is 6.07 Å². The fourth-order valence-electron chi connectivity index (χ4n) is 4.13. The second kappa shape index (κ2) is 9.26. The van der Waals surface area contributed by atoms with Crippen LogP contribution in [0.25, 0.3) is 11.1 Å². The fraction of sp³-hybridized carbons (Fsp3) is 0.391. The van der Waals surface area contributed by atoms with Crippen LogP contribution in [0.1, 0.15) is 23.6 Å². The molecule has 8 heteroatoms. The Balaban J connectivity index is 2.42. The lowest BCUT2D eigenvalue weighted by Crippen LogP contribution is -2.33. The van der Waals surface area contributed by atoms with Crippen LogP contribution in [0.15, 0.2) is 29.1 Å². The average molecular weight is 429 g/mol. The average Bonchev–Trinajstić information content (AvgIpc) is 3.04. The molecular weight excluding hydrogens is 402 g/mol. The zero-order chi connectivity index (χ0) is 22.7. The van der Waals surface area contributed by atoms with Crippen molar-refractivity contribution in [3.8, 4) is 34.1 Å². The number of benzene rings is 1. The molecule has 0 aliphatic heterocycles. The van der Waals surface area contributed by atoms with Gasteiger partial charge in [0.2, 0.25) is 17.1 Å². The summed E-state index contributed by atoms with van der Waals surface area (Å²) < 4.78 is 22.0. The van der Waals surface area contributed by atoms with Gasteiger partial charge in [-0.15, -0.1) is 0 Å². The molecule has 0 fully saturated rings. The molecule has 2 aromatic carbocycles. The summed E-state index contributed by atoms with van der Waals surface area (Å²) in [7, 11) is 7.69. The number of methoxy groups -OCH3 is 4. The molecule has 1 aliphatic carbocycles. The molecule has 1 N–H and O–H groups in total. The fourth-order valence-corrected chi connectivity index (χ4v) is 4.13. The van der Waals surface area contributed by atoms with Gasteiger partial charge in [-0.05, 0) is 47.7 Å². The lowest BCUT2D eigenvalue weighted by Gasteiger charge is -2.27. The van der Waals surface area contributed by atoms with Crippen LogP contribution >= 0.6 is 0 Å². The molecule has 166 valence electrons. The van der Waals surface area contributed by atoms with Crippen LogP contribution < -0.4 is 24.4 Å². The lowest BCUT2D eigenvalue weighted by molar-refractivity contribution is -0.135. The van der Waals surface area contributed by atoms with Gasteiger partial charge in [-0.3, -0.25) is 9.59 Å². The Kier molecular flexibility index (Phi) is 6.70. The van der Waals surface area contributed by atoms with Crippen molar-refractivity contribution in [1.82, 2.24) is 4.90 Å². The van der Waals surface area contributed by atoms with Crippen LogP contribution in [-0.2, 0) is 11.2 Å². The Morgan fingerprint density at radius 2 is 1.71 bits per heavy atom. The van der Waals surface area contributed by atoms with Crippen molar-refractivity contribution < 1.29 is 28.8 Å². The van der Waals surface area contributed by atoms with Crippen LogP contribution in [0.4, 0.5) is 0 Å². The minimum absolute atomic E-state index is 0.184. The predicted octanol–water partition coefficient (Wildman–Crippen LogP) is 2.19. The second-order valence-corrected chi connectivity index (χ2v) is 7.18. The van der Waals surface area contributed by atoms with E-state index in [9.17, 15) is 14.7 Å². The number of fused-ring (bicyclic) bond motifs is 3. The first kappa shape index (κ1) is 22.4. The number of amides is 1. The van der Waals surface area contributed by atoms with Crippen molar-refractivity contribution >= 4 is 5.91 Å². The first-order valence-electron chi connectivity index (χ1n) is 9.82. The SMILES string of the molecule is COc1cc2c(c(OC)c1OC)-c1ccc(OC)c(=O)cc1[C@@H](N(C)C(=O)CO)CC2. The van der Waals surface area contributed by atoms with E-state index >= 15 is 0 Å². The summed E-state index contributed by atoms with van der Waals surface area (Å²) in [5.74, 6) is 1.19. The number of carbonyl (C=O) groups is 1. The van der Waals surface area contributed by atoms with Crippen molar-refractivity contribution in [2.45, 2.75) is 18.9 Å². The third-order valence-electron chi connectivity index (χ3n) is 5.69. The second-order valence-electron chi connectivity index (χ2n) is 7.18. The van der Waals surface area contributed by atoms with Gasteiger partial charge in [0.25, 0.3) is 0 Å². The van der Waals surface area contributed by atoms with Crippen LogP contribution in [0, 0.1) is 0 Å². The number of nitrogens with zero attached hydrogens (tertiary/aromatic N) is 1. The van der Waals surface area contributed by atoms with Crippen LogP contribution in [0.2, 0.25) is 0 Å². The molecule has 0 saturated heterocycles. The van der Waals surface area contributed by atoms with Gasteiger partial charge in [0.05, 0.1) is 34.5 Å². The third kappa shape index (κ3) is 3.90. The molecule has 0 aromatic heterocycles. The van der Waals surface area contributed by atoms with E-state index in [1.807, 2.05) is 6.07 Å². The number of ether oxygens (including phenoxy) is 4. The number of hydrogen-bond donors (Lipinski definition) is 1. The molecule has 1 aliphatic rings. The summed E-state index contributed by atoms with van der Waals surface area (Å²) in [5.41, 5.74) is 2.75. The van der Waals surface area contributed by atoms with E-state index in [0.29, 0.717) is 41.2 Å². The van der Waals surface area contributed by atoms with Crippen molar-refractivity contribution in [1.29, 1.82) is 0 Å². The minimum atomic E-state index is -0.618. The Morgan fingerprint density at radius 3 is 2.29 bits per heavy atom. The lowest BCUT2D eigenvalue weighted by atomic mass is 9.95. The van der Waals surface area contributed by atoms with Gasteiger partial charge >= 0.3 is 0 Å². The summed E-state index contributed by atoms with van der Waals surface area (Å²) in [6.07, 6.45) is 1.12. The molecule has 0 radical (unpaired) electrons. The molecule has 1 atom stereocenters. The molecule has 31 heavy (non-hydrogen) atoms. The van der Waals surface area contributed by atoms with Crippen LogP contribution in [0.5, 0.6) is 23.0 Å². The van der Waals surface area contributed by atoms with Crippen molar-refractivity contribution in [3.05, 3.63) is 45.6 Å². The first-order valence-corrected chi connectivity index (χ1v) is 9.82. The molecule has 2 aromatic rings. The van der Waals surface area contributed by atoms with E-state index in [1.165, 1.54) is 25.2 Å². The highest BCUT2D eigenvalue weighted by atomic mass is 16.5. The molecule has 0 unspecified atom stereocenters. The molecular formula is C23H27NO7. The highest BCUT2D eigenvalue weighted by molar-refractivity contribution is 5.84. The molecule has 0 saturated carbocycles. The maximum atomic E-state index is 12.8. The monoisotopic (exact) mass is 429 g/mol. The highest BCUT2D eigenvalue weighted by Gasteiger charge is 2.31. The van der Waals surface area contributed by atoms with E-state index in [4.69, 9.17) is 18.9 Å². The van der Waals surface area contributed by atoms with Gasteiger partial charge < -0.3 is 29.0 Å². The van der Waals surface area contributed by atoms with Crippen LogP contribution in [0.3, 0.4) is 0 Å². The van der Waals surface area contributed by atoms with Gasteiger partial charge in [0.1, 0.15) is 6.61 Å². The Morgan fingerprint density at radius 1 is 1.03 bits per heavy atom. The number of rotatable bonds is 6. The van der Waals surface area contributed by atoms with Gasteiger partial charge in [-0.2, -0.15) is 0 Å². The van der Waals surface area contributed by atoms with Gasteiger partial charge in [0.15, 0.2) is 17.2 Å². The maximum absolute atomic E-state index is 12.8. The van der Waals surface area contributed by atoms with E-state index in [-0.39, 0.29) is 11.2 Å². The molecule has 3 rings (SSSR count). The quantitative estimate of drug-likeness (QED) is 0.752. The summed E-state index contributed by atoms with van der Waals surface area (Å²) in [4.78, 5) is 26.6. The van der Waals surface area contributed by atoms with Gasteiger partial charge in [-0.25, -0.2) is 0 Å². The summed E-state index contributed by atoms with van der Waals surface area (Å²) in [6.45, 7) is -0.618. The molecule has 0 bridgehead atoms. The van der Waals surface area contributed by atoms with Gasteiger partial charge in [0, 0.05) is 12.6 Å². The maximum Gasteiger partial charge on any atom is 0.248 e. The molecule has 1 amide bonds. The standard InChI is InChI=1S/C23H27NO7/c1-24(20(27)12-25)16-8-6-13-10-19(29-3)22(30-4)23(31-5)21(13)14-7-9-18(28-2)17(26)11-15(14)16/h7,9-11,16,25H,6,8,12H2,1-5H3/t16-/m0/s1. The van der Waals surface area contributed by atoms with E-state index < -0.39 is 18.6 Å². The van der Waals surface area contributed by atoms with Crippen molar-refractivity contribution in [3.63, 3.8) is 0 Å². The number of likely N-dealkylation sites (N-methyl/N-ethyl adjacent to an activating group) is 1. The Hall–Kier alpha value is -3.26. The number of aliphatic hydroxyl groups excluding tert-OH is 1. The Bertz CT molecular complexity index is 1050. The van der Waals surface area contributed by atoms with E-state index in [0.717, 1.165) is 11.1 Å². The Labute approximate surface area is 180 Å². The van der Waals surface area contributed by atoms with Crippen molar-refractivity contribution in [2.24, 2.45) is 0 Å². The number of hydrogen-bond acceptors (Lipinski definition) is 7. The molecule has 0 spiro atoms. The largest absolute Gasteiger partial charge is 0.493 e. The first-order chi connectivity index (χ1) is 14.9. The third-order valence-corrected chi connectivity index (χ3v) is 5.69. The number of aliphatic hydroxyl groups is 1. The number of aryl methyl sites for hydroxylation is 1. The van der Waals surface area contributed by atoms with E-state index in [2.05, 4.69) is 0 Å². The van der Waals surface area contributed by atoms with E-state index in [1.54, 1.807) is 33.4 Å². The minimum Gasteiger partial charge on any atom is -0.493 e. The highest BCUT2D eigenvalue weighted by Crippen LogP contribution is 2.50. The summed E-state index contributed by atoms with van der Waals surface area (Å²) in [5, 5.41) is 9.41.